The van der Waals surface area contributed by atoms with Crippen molar-refractivity contribution in [3.05, 3.63) is 54.1 Å². The van der Waals surface area contributed by atoms with Crippen molar-refractivity contribution in [1.29, 1.82) is 0 Å². The maximum absolute atomic E-state index is 5.84. The number of oxazole rings is 1. The minimum atomic E-state index is 0.677. The van der Waals surface area contributed by atoms with Gasteiger partial charge in [-0.15, -0.1) is 0 Å². The highest BCUT2D eigenvalue weighted by Gasteiger charge is 2.08. The summed E-state index contributed by atoms with van der Waals surface area (Å²) in [7, 11) is 0. The largest absolute Gasteiger partial charge is 0.436 e. The Morgan fingerprint density at radius 1 is 1.11 bits per heavy atom. The van der Waals surface area contributed by atoms with Gasteiger partial charge in [0.1, 0.15) is 5.52 Å². The van der Waals surface area contributed by atoms with E-state index in [0.717, 1.165) is 29.8 Å². The molecule has 0 aliphatic rings. The van der Waals surface area contributed by atoms with Crippen LogP contribution in [0.4, 0.5) is 0 Å². The van der Waals surface area contributed by atoms with Crippen LogP contribution in [0, 0.1) is 0 Å². The van der Waals surface area contributed by atoms with E-state index in [1.807, 2.05) is 36.4 Å². The molecule has 0 bridgehead atoms. The van der Waals surface area contributed by atoms with E-state index in [4.69, 9.17) is 4.42 Å². The van der Waals surface area contributed by atoms with E-state index in [-0.39, 0.29) is 0 Å². The number of nitrogens with one attached hydrogen (secondary N) is 1. The minimum absolute atomic E-state index is 0.677. The molecule has 0 amide bonds. The molecule has 0 aliphatic heterocycles. The summed E-state index contributed by atoms with van der Waals surface area (Å²) in [6.07, 6.45) is 0. The molecule has 1 N–H and O–H groups in total. The summed E-state index contributed by atoms with van der Waals surface area (Å²) in [6.45, 7) is 3.91. The molecule has 2 aromatic carbocycles. The maximum Gasteiger partial charge on any atom is 0.227 e. The lowest BCUT2D eigenvalue weighted by Gasteiger charge is -2.00. The van der Waals surface area contributed by atoms with Crippen molar-refractivity contribution in [2.75, 3.05) is 6.54 Å². The number of fused-ring (bicyclic) bond motifs is 1. The standard InChI is InChI=1S/C16H16N2O/c1-2-17-11-12-8-9-14-15(10-12)19-16(18-14)13-6-4-3-5-7-13/h3-10,17H,2,11H2,1H3. The van der Waals surface area contributed by atoms with Gasteiger partial charge in [-0.3, -0.25) is 0 Å². The molecule has 0 spiro atoms. The van der Waals surface area contributed by atoms with Crippen LogP contribution in [-0.2, 0) is 6.54 Å². The fourth-order valence-electron chi connectivity index (χ4n) is 2.05. The van der Waals surface area contributed by atoms with Gasteiger partial charge in [-0.1, -0.05) is 31.2 Å². The molecular weight excluding hydrogens is 236 g/mol. The van der Waals surface area contributed by atoms with Crippen LogP contribution >= 0.6 is 0 Å². The van der Waals surface area contributed by atoms with Gasteiger partial charge >= 0.3 is 0 Å². The predicted octanol–water partition coefficient (Wildman–Crippen LogP) is 3.60. The van der Waals surface area contributed by atoms with Gasteiger partial charge in [-0.2, -0.15) is 0 Å². The van der Waals surface area contributed by atoms with Gasteiger partial charge in [0.15, 0.2) is 5.58 Å². The first-order valence-electron chi connectivity index (χ1n) is 6.52. The van der Waals surface area contributed by atoms with Crippen LogP contribution < -0.4 is 5.32 Å². The third kappa shape index (κ3) is 2.51. The normalized spacial score (nSPS) is 11.0. The Bertz CT molecular complexity index is 674. The molecule has 3 heteroatoms. The van der Waals surface area contributed by atoms with E-state index in [2.05, 4.69) is 29.4 Å². The zero-order chi connectivity index (χ0) is 13.1. The van der Waals surface area contributed by atoms with Gasteiger partial charge in [-0.05, 0) is 36.4 Å². The van der Waals surface area contributed by atoms with Crippen LogP contribution in [0.15, 0.2) is 52.9 Å². The van der Waals surface area contributed by atoms with Crippen LogP contribution in [-0.4, -0.2) is 11.5 Å². The zero-order valence-corrected chi connectivity index (χ0v) is 10.9. The molecule has 3 nitrogen and oxygen atoms in total. The third-order valence-corrected chi connectivity index (χ3v) is 3.05. The first kappa shape index (κ1) is 11.9. The first-order valence-corrected chi connectivity index (χ1v) is 6.52. The molecule has 1 heterocycles. The summed E-state index contributed by atoms with van der Waals surface area (Å²) in [5, 5.41) is 3.31. The van der Waals surface area contributed by atoms with Gasteiger partial charge in [0.05, 0.1) is 0 Å². The van der Waals surface area contributed by atoms with Crippen molar-refractivity contribution in [3.63, 3.8) is 0 Å². The Balaban J connectivity index is 1.97. The Morgan fingerprint density at radius 2 is 1.95 bits per heavy atom. The highest BCUT2D eigenvalue weighted by molar-refractivity contribution is 5.76. The van der Waals surface area contributed by atoms with Crippen LogP contribution in [0.2, 0.25) is 0 Å². The molecule has 0 radical (unpaired) electrons. The fourth-order valence-corrected chi connectivity index (χ4v) is 2.05. The molecule has 3 rings (SSSR count). The van der Waals surface area contributed by atoms with Crippen molar-refractivity contribution in [3.8, 4) is 11.5 Å². The average Bonchev–Trinajstić information content (AvgIpc) is 2.89. The van der Waals surface area contributed by atoms with Crippen LogP contribution in [0.5, 0.6) is 0 Å². The average molecular weight is 252 g/mol. The van der Waals surface area contributed by atoms with Gasteiger partial charge in [0.25, 0.3) is 0 Å². The van der Waals surface area contributed by atoms with E-state index < -0.39 is 0 Å². The van der Waals surface area contributed by atoms with E-state index >= 15 is 0 Å². The number of hydrogen-bond acceptors (Lipinski definition) is 3. The summed E-state index contributed by atoms with van der Waals surface area (Å²) in [5.74, 6) is 0.677. The second-order valence-electron chi connectivity index (χ2n) is 4.47. The number of aromatic nitrogens is 1. The molecule has 0 fully saturated rings. The Morgan fingerprint density at radius 3 is 2.74 bits per heavy atom. The molecule has 19 heavy (non-hydrogen) atoms. The van der Waals surface area contributed by atoms with Crippen molar-refractivity contribution in [2.24, 2.45) is 0 Å². The fraction of sp³-hybridized carbons (Fsp3) is 0.188. The van der Waals surface area contributed by atoms with Crippen molar-refractivity contribution < 1.29 is 4.42 Å². The second-order valence-corrected chi connectivity index (χ2v) is 4.47. The Labute approximate surface area is 112 Å². The molecule has 0 aliphatic carbocycles. The zero-order valence-electron chi connectivity index (χ0n) is 10.9. The lowest BCUT2D eigenvalue weighted by Crippen LogP contribution is -2.11. The van der Waals surface area contributed by atoms with E-state index in [0.29, 0.717) is 5.89 Å². The summed E-state index contributed by atoms with van der Waals surface area (Å²) in [4.78, 5) is 4.52. The summed E-state index contributed by atoms with van der Waals surface area (Å²) in [6, 6.07) is 16.1. The molecule has 1 aromatic heterocycles. The number of nitrogens with zero attached hydrogens (tertiary/aromatic N) is 1. The van der Waals surface area contributed by atoms with Crippen LogP contribution in [0.3, 0.4) is 0 Å². The lowest BCUT2D eigenvalue weighted by atomic mass is 10.2. The number of rotatable bonds is 4. The molecule has 0 atom stereocenters. The van der Waals surface area contributed by atoms with Crippen molar-refractivity contribution in [2.45, 2.75) is 13.5 Å². The highest BCUT2D eigenvalue weighted by atomic mass is 16.3. The van der Waals surface area contributed by atoms with Gasteiger partial charge in [-0.25, -0.2) is 4.98 Å². The molecule has 3 aromatic rings. The third-order valence-electron chi connectivity index (χ3n) is 3.05. The summed E-state index contributed by atoms with van der Waals surface area (Å²) in [5.41, 5.74) is 3.96. The van der Waals surface area contributed by atoms with Gasteiger partial charge < -0.3 is 9.73 Å². The Hall–Kier alpha value is -2.13. The summed E-state index contributed by atoms with van der Waals surface area (Å²) >= 11 is 0. The quantitative estimate of drug-likeness (QED) is 0.771. The number of hydrogen-bond donors (Lipinski definition) is 1. The lowest BCUT2D eigenvalue weighted by molar-refractivity contribution is 0.618. The molecule has 96 valence electrons. The number of benzene rings is 2. The molecule has 0 saturated carbocycles. The molecule has 0 saturated heterocycles. The highest BCUT2D eigenvalue weighted by Crippen LogP contribution is 2.24. The molecular formula is C16H16N2O. The van der Waals surface area contributed by atoms with E-state index in [9.17, 15) is 0 Å². The minimum Gasteiger partial charge on any atom is -0.436 e. The summed E-state index contributed by atoms with van der Waals surface area (Å²) < 4.78 is 5.84. The van der Waals surface area contributed by atoms with Gasteiger partial charge in [0, 0.05) is 12.1 Å². The maximum atomic E-state index is 5.84. The topological polar surface area (TPSA) is 38.1 Å². The first-order chi connectivity index (χ1) is 9.36. The van der Waals surface area contributed by atoms with E-state index in [1.54, 1.807) is 0 Å². The SMILES string of the molecule is CCNCc1ccc2nc(-c3ccccc3)oc2c1. The monoisotopic (exact) mass is 252 g/mol. The van der Waals surface area contributed by atoms with E-state index in [1.165, 1.54) is 5.56 Å². The van der Waals surface area contributed by atoms with Crippen LogP contribution in [0.25, 0.3) is 22.6 Å². The van der Waals surface area contributed by atoms with Crippen molar-refractivity contribution in [1.82, 2.24) is 10.3 Å². The molecule has 0 unspecified atom stereocenters. The van der Waals surface area contributed by atoms with Crippen LogP contribution in [0.1, 0.15) is 12.5 Å². The van der Waals surface area contributed by atoms with Crippen molar-refractivity contribution >= 4 is 11.1 Å². The Kier molecular flexibility index (Phi) is 3.29. The smallest absolute Gasteiger partial charge is 0.227 e. The second kappa shape index (κ2) is 5.24. The van der Waals surface area contributed by atoms with Gasteiger partial charge in [0.2, 0.25) is 5.89 Å². The predicted molar refractivity (Wildman–Crippen MR) is 76.8 cm³/mol.